The summed E-state index contributed by atoms with van der Waals surface area (Å²) in [5.41, 5.74) is 0. The molecule has 2 rings (SSSR count). The second-order valence-electron chi connectivity index (χ2n) is 6.23. The van der Waals surface area contributed by atoms with E-state index in [1.807, 2.05) is 0 Å². The Labute approximate surface area is 123 Å². The molecule has 0 aromatic rings. The first-order valence-electron chi connectivity index (χ1n) is 8.47. The molecule has 0 unspecified atom stereocenters. The van der Waals surface area contributed by atoms with Crippen molar-refractivity contribution < 1.29 is 9.53 Å². The SMILES string of the molecule is CCCC[C@H](NC1CCNCC1)C(=O)OC1CCCC1. The summed E-state index contributed by atoms with van der Waals surface area (Å²) < 4.78 is 5.69. The van der Waals surface area contributed by atoms with Crippen LogP contribution >= 0.6 is 0 Å². The topological polar surface area (TPSA) is 50.4 Å². The number of hydrogen-bond donors (Lipinski definition) is 2. The van der Waals surface area contributed by atoms with E-state index in [4.69, 9.17) is 4.74 Å². The third kappa shape index (κ3) is 5.06. The van der Waals surface area contributed by atoms with Crippen molar-refractivity contribution in [3.8, 4) is 0 Å². The molecule has 2 fully saturated rings. The van der Waals surface area contributed by atoms with Crippen molar-refractivity contribution in [2.24, 2.45) is 0 Å². The number of carbonyl (C=O) groups excluding carboxylic acids is 1. The van der Waals surface area contributed by atoms with Crippen molar-refractivity contribution in [1.82, 2.24) is 10.6 Å². The van der Waals surface area contributed by atoms with Crippen LogP contribution in [0.2, 0.25) is 0 Å². The molecule has 1 atom stereocenters. The molecule has 1 heterocycles. The van der Waals surface area contributed by atoms with E-state index < -0.39 is 0 Å². The molecule has 2 aliphatic rings. The molecule has 0 amide bonds. The highest BCUT2D eigenvalue weighted by Crippen LogP contribution is 2.22. The van der Waals surface area contributed by atoms with Crippen LogP contribution in [0.15, 0.2) is 0 Å². The number of ether oxygens (including phenoxy) is 1. The number of unbranched alkanes of at least 4 members (excludes halogenated alkanes) is 1. The van der Waals surface area contributed by atoms with Gasteiger partial charge in [0, 0.05) is 6.04 Å². The van der Waals surface area contributed by atoms with Gasteiger partial charge in [0.25, 0.3) is 0 Å². The van der Waals surface area contributed by atoms with Crippen LogP contribution in [0.3, 0.4) is 0 Å². The van der Waals surface area contributed by atoms with Crippen molar-refractivity contribution in [1.29, 1.82) is 0 Å². The summed E-state index contributed by atoms with van der Waals surface area (Å²) in [6.07, 6.45) is 10.0. The number of carbonyl (C=O) groups is 1. The quantitative estimate of drug-likeness (QED) is 0.704. The first kappa shape index (κ1) is 15.8. The summed E-state index contributed by atoms with van der Waals surface area (Å²) >= 11 is 0. The summed E-state index contributed by atoms with van der Waals surface area (Å²) in [5, 5.41) is 6.91. The zero-order valence-corrected chi connectivity index (χ0v) is 12.8. The molecule has 1 aliphatic heterocycles. The van der Waals surface area contributed by atoms with Gasteiger partial charge >= 0.3 is 5.97 Å². The van der Waals surface area contributed by atoms with E-state index in [9.17, 15) is 4.79 Å². The van der Waals surface area contributed by atoms with E-state index in [-0.39, 0.29) is 18.1 Å². The van der Waals surface area contributed by atoms with Gasteiger partial charge in [0.2, 0.25) is 0 Å². The maximum Gasteiger partial charge on any atom is 0.323 e. The lowest BCUT2D eigenvalue weighted by Gasteiger charge is -2.28. The number of piperidine rings is 1. The fraction of sp³-hybridized carbons (Fsp3) is 0.938. The molecule has 4 heteroatoms. The minimum Gasteiger partial charge on any atom is -0.461 e. The van der Waals surface area contributed by atoms with Crippen LogP contribution in [-0.2, 0) is 9.53 Å². The predicted octanol–water partition coefficient (Wildman–Crippen LogP) is 2.37. The normalized spacial score (nSPS) is 22.9. The fourth-order valence-corrected chi connectivity index (χ4v) is 3.20. The highest BCUT2D eigenvalue weighted by Gasteiger charge is 2.27. The van der Waals surface area contributed by atoms with E-state index in [1.165, 1.54) is 12.8 Å². The first-order chi connectivity index (χ1) is 9.79. The monoisotopic (exact) mass is 282 g/mol. The Morgan fingerprint density at radius 3 is 2.60 bits per heavy atom. The lowest BCUT2D eigenvalue weighted by Crippen LogP contribution is -2.48. The fourth-order valence-electron chi connectivity index (χ4n) is 3.20. The van der Waals surface area contributed by atoms with Gasteiger partial charge in [0.1, 0.15) is 12.1 Å². The van der Waals surface area contributed by atoms with Crippen LogP contribution in [0, 0.1) is 0 Å². The van der Waals surface area contributed by atoms with Gasteiger partial charge in [-0.05, 0) is 58.0 Å². The molecule has 116 valence electrons. The highest BCUT2D eigenvalue weighted by atomic mass is 16.5. The van der Waals surface area contributed by atoms with Crippen LogP contribution in [-0.4, -0.2) is 37.2 Å². The molecule has 1 saturated heterocycles. The van der Waals surface area contributed by atoms with Gasteiger partial charge in [0.05, 0.1) is 0 Å². The Balaban J connectivity index is 1.81. The largest absolute Gasteiger partial charge is 0.461 e. The Hall–Kier alpha value is -0.610. The van der Waals surface area contributed by atoms with Gasteiger partial charge in [-0.3, -0.25) is 4.79 Å². The highest BCUT2D eigenvalue weighted by molar-refractivity contribution is 5.76. The summed E-state index contributed by atoms with van der Waals surface area (Å²) in [6, 6.07) is 0.368. The van der Waals surface area contributed by atoms with Crippen LogP contribution in [0.5, 0.6) is 0 Å². The molecule has 0 spiro atoms. The maximum atomic E-state index is 12.4. The van der Waals surface area contributed by atoms with Gasteiger partial charge in [-0.2, -0.15) is 0 Å². The predicted molar refractivity (Wildman–Crippen MR) is 80.7 cm³/mol. The molecule has 0 aromatic heterocycles. The lowest BCUT2D eigenvalue weighted by molar-refractivity contribution is -0.151. The third-order valence-electron chi connectivity index (χ3n) is 4.49. The van der Waals surface area contributed by atoms with Gasteiger partial charge < -0.3 is 15.4 Å². The van der Waals surface area contributed by atoms with E-state index in [2.05, 4.69) is 17.6 Å². The lowest BCUT2D eigenvalue weighted by atomic mass is 10.0. The van der Waals surface area contributed by atoms with E-state index >= 15 is 0 Å². The summed E-state index contributed by atoms with van der Waals surface area (Å²) in [6.45, 7) is 4.27. The summed E-state index contributed by atoms with van der Waals surface area (Å²) in [7, 11) is 0. The minimum atomic E-state index is -0.0985. The summed E-state index contributed by atoms with van der Waals surface area (Å²) in [4.78, 5) is 12.4. The van der Waals surface area contributed by atoms with Gasteiger partial charge in [-0.25, -0.2) is 0 Å². The van der Waals surface area contributed by atoms with Crippen molar-refractivity contribution in [3.05, 3.63) is 0 Å². The van der Waals surface area contributed by atoms with Gasteiger partial charge in [-0.1, -0.05) is 19.8 Å². The Morgan fingerprint density at radius 1 is 1.25 bits per heavy atom. The Kier molecular flexibility index (Phi) is 6.80. The molecular weight excluding hydrogens is 252 g/mol. The van der Waals surface area contributed by atoms with Crippen LogP contribution in [0.1, 0.15) is 64.7 Å². The van der Waals surface area contributed by atoms with Crippen LogP contribution in [0.4, 0.5) is 0 Å². The molecule has 2 N–H and O–H groups in total. The first-order valence-corrected chi connectivity index (χ1v) is 8.47. The second-order valence-corrected chi connectivity index (χ2v) is 6.23. The number of rotatable bonds is 7. The number of esters is 1. The molecule has 0 radical (unpaired) electrons. The molecule has 1 aliphatic carbocycles. The Bertz CT molecular complexity index is 284. The molecule has 4 nitrogen and oxygen atoms in total. The number of hydrogen-bond acceptors (Lipinski definition) is 4. The smallest absolute Gasteiger partial charge is 0.323 e. The average Bonchev–Trinajstić information content (AvgIpc) is 2.97. The molecule has 1 saturated carbocycles. The van der Waals surface area contributed by atoms with Crippen molar-refractivity contribution >= 4 is 5.97 Å². The number of nitrogens with one attached hydrogen (secondary N) is 2. The van der Waals surface area contributed by atoms with Gasteiger partial charge in [0.15, 0.2) is 0 Å². The summed E-state index contributed by atoms with van der Waals surface area (Å²) in [5.74, 6) is -0.0103. The maximum absolute atomic E-state index is 12.4. The van der Waals surface area contributed by atoms with E-state index in [0.717, 1.165) is 58.0 Å². The third-order valence-corrected chi connectivity index (χ3v) is 4.49. The molecule has 0 bridgehead atoms. The zero-order chi connectivity index (χ0) is 14.2. The standard InChI is InChI=1S/C16H30N2O2/c1-2-3-8-15(18-13-9-11-17-12-10-13)16(19)20-14-6-4-5-7-14/h13-15,17-18H,2-12H2,1H3/t15-/m0/s1. The van der Waals surface area contributed by atoms with E-state index in [1.54, 1.807) is 0 Å². The molecular formula is C16H30N2O2. The molecule has 0 aromatic carbocycles. The second kappa shape index (κ2) is 8.63. The van der Waals surface area contributed by atoms with E-state index in [0.29, 0.717) is 6.04 Å². The van der Waals surface area contributed by atoms with Crippen molar-refractivity contribution in [2.45, 2.75) is 82.9 Å². The van der Waals surface area contributed by atoms with Crippen LogP contribution < -0.4 is 10.6 Å². The molecule has 20 heavy (non-hydrogen) atoms. The van der Waals surface area contributed by atoms with Gasteiger partial charge in [-0.15, -0.1) is 0 Å². The zero-order valence-electron chi connectivity index (χ0n) is 12.8. The van der Waals surface area contributed by atoms with Crippen molar-refractivity contribution in [2.75, 3.05) is 13.1 Å². The van der Waals surface area contributed by atoms with Crippen molar-refractivity contribution in [3.63, 3.8) is 0 Å². The Morgan fingerprint density at radius 2 is 1.95 bits per heavy atom. The van der Waals surface area contributed by atoms with Crippen LogP contribution in [0.25, 0.3) is 0 Å². The average molecular weight is 282 g/mol. The minimum absolute atomic E-state index is 0.0103.